The van der Waals surface area contributed by atoms with Gasteiger partial charge in [0.2, 0.25) is 0 Å². The van der Waals surface area contributed by atoms with Crippen molar-refractivity contribution in [3.63, 3.8) is 0 Å². The predicted octanol–water partition coefficient (Wildman–Crippen LogP) is 2.29. The van der Waals surface area contributed by atoms with Gasteiger partial charge in [-0.15, -0.1) is 11.3 Å². The van der Waals surface area contributed by atoms with E-state index in [-0.39, 0.29) is 5.41 Å². The van der Waals surface area contributed by atoms with Crippen molar-refractivity contribution in [3.05, 3.63) is 21.9 Å². The molecule has 2 N–H and O–H groups in total. The third kappa shape index (κ3) is 1.82. The van der Waals surface area contributed by atoms with E-state index >= 15 is 0 Å². The summed E-state index contributed by atoms with van der Waals surface area (Å²) in [6.07, 6.45) is 0. The lowest BCUT2D eigenvalue weighted by Crippen LogP contribution is -2.26. The van der Waals surface area contributed by atoms with Gasteiger partial charge in [-0.3, -0.25) is 0 Å². The molecule has 0 aliphatic heterocycles. The van der Waals surface area contributed by atoms with Gasteiger partial charge in [0.05, 0.1) is 0 Å². The van der Waals surface area contributed by atoms with Crippen molar-refractivity contribution in [1.82, 2.24) is 0 Å². The van der Waals surface area contributed by atoms with Crippen molar-refractivity contribution in [3.8, 4) is 0 Å². The van der Waals surface area contributed by atoms with Crippen LogP contribution in [0.15, 0.2) is 11.4 Å². The number of hydrogen-bond acceptors (Lipinski definition) is 2. The Morgan fingerprint density at radius 3 is 2.55 bits per heavy atom. The fraction of sp³-hybridized carbons (Fsp3) is 0.556. The van der Waals surface area contributed by atoms with Gasteiger partial charge in [0.15, 0.2) is 0 Å². The second-order valence-corrected chi connectivity index (χ2v) is 4.49. The molecule has 0 bridgehead atoms. The number of thiophene rings is 1. The molecular weight excluding hydrogens is 154 g/mol. The van der Waals surface area contributed by atoms with Gasteiger partial charge < -0.3 is 5.73 Å². The average molecular weight is 169 g/mol. The Kier molecular flexibility index (Phi) is 2.35. The minimum atomic E-state index is 0.152. The molecule has 1 aromatic heterocycles. The minimum Gasteiger partial charge on any atom is -0.330 e. The van der Waals surface area contributed by atoms with Crippen LogP contribution in [0.1, 0.15) is 24.3 Å². The zero-order valence-electron chi connectivity index (χ0n) is 7.35. The molecule has 0 saturated carbocycles. The molecule has 0 aliphatic rings. The summed E-state index contributed by atoms with van der Waals surface area (Å²) in [5.74, 6) is 0. The van der Waals surface area contributed by atoms with Crippen molar-refractivity contribution >= 4 is 11.3 Å². The predicted molar refractivity (Wildman–Crippen MR) is 51.1 cm³/mol. The van der Waals surface area contributed by atoms with Crippen molar-refractivity contribution in [2.75, 3.05) is 6.54 Å². The molecule has 0 aromatic carbocycles. The Morgan fingerprint density at radius 1 is 1.55 bits per heavy atom. The van der Waals surface area contributed by atoms with E-state index in [4.69, 9.17) is 5.73 Å². The van der Waals surface area contributed by atoms with Crippen molar-refractivity contribution < 1.29 is 0 Å². The molecule has 0 radical (unpaired) electrons. The zero-order valence-corrected chi connectivity index (χ0v) is 8.16. The normalized spacial score (nSPS) is 12.0. The van der Waals surface area contributed by atoms with Gasteiger partial charge >= 0.3 is 0 Å². The first-order valence-electron chi connectivity index (χ1n) is 3.82. The van der Waals surface area contributed by atoms with Crippen LogP contribution in [0, 0.1) is 6.92 Å². The molecule has 1 nitrogen and oxygen atoms in total. The van der Waals surface area contributed by atoms with E-state index in [1.165, 1.54) is 10.4 Å². The zero-order chi connectivity index (χ0) is 8.48. The molecule has 11 heavy (non-hydrogen) atoms. The second-order valence-electron chi connectivity index (χ2n) is 3.58. The van der Waals surface area contributed by atoms with Gasteiger partial charge in [-0.25, -0.2) is 0 Å². The molecule has 1 aromatic rings. The maximum atomic E-state index is 5.65. The molecule has 0 aliphatic carbocycles. The maximum absolute atomic E-state index is 5.65. The summed E-state index contributed by atoms with van der Waals surface area (Å²) in [5.41, 5.74) is 7.15. The number of nitrogens with two attached hydrogens (primary N) is 1. The average Bonchev–Trinajstić information content (AvgIpc) is 2.36. The van der Waals surface area contributed by atoms with E-state index in [0.29, 0.717) is 6.54 Å². The summed E-state index contributed by atoms with van der Waals surface area (Å²) >= 11 is 1.80. The lowest BCUT2D eigenvalue weighted by molar-refractivity contribution is 0.550. The fourth-order valence-corrected chi connectivity index (χ4v) is 1.92. The van der Waals surface area contributed by atoms with Crippen LogP contribution in [0.4, 0.5) is 0 Å². The third-order valence-electron chi connectivity index (χ3n) is 1.91. The summed E-state index contributed by atoms with van der Waals surface area (Å²) in [5, 5.41) is 2.17. The molecule has 0 fully saturated rings. The van der Waals surface area contributed by atoms with Crippen LogP contribution in [0.2, 0.25) is 0 Å². The molecule has 0 unspecified atom stereocenters. The molecule has 0 atom stereocenters. The molecule has 2 heteroatoms. The molecule has 62 valence electrons. The summed E-state index contributed by atoms with van der Waals surface area (Å²) in [6, 6.07) is 2.22. The van der Waals surface area contributed by atoms with E-state index in [1.54, 1.807) is 11.3 Å². The number of rotatable bonds is 2. The molecule has 0 amide bonds. The quantitative estimate of drug-likeness (QED) is 0.722. The Morgan fingerprint density at radius 2 is 2.18 bits per heavy atom. The van der Waals surface area contributed by atoms with Gasteiger partial charge in [-0.1, -0.05) is 13.8 Å². The summed E-state index contributed by atoms with van der Waals surface area (Å²) < 4.78 is 0. The monoisotopic (exact) mass is 169 g/mol. The van der Waals surface area contributed by atoms with Crippen molar-refractivity contribution in [2.45, 2.75) is 26.2 Å². The van der Waals surface area contributed by atoms with Gasteiger partial charge in [0, 0.05) is 16.8 Å². The van der Waals surface area contributed by atoms with Crippen LogP contribution >= 0.6 is 11.3 Å². The van der Waals surface area contributed by atoms with Crippen LogP contribution in [0.5, 0.6) is 0 Å². The molecule has 0 saturated heterocycles. The van der Waals surface area contributed by atoms with Gasteiger partial charge in [0.1, 0.15) is 0 Å². The Balaban J connectivity index is 2.92. The van der Waals surface area contributed by atoms with Crippen LogP contribution in [0.25, 0.3) is 0 Å². The minimum absolute atomic E-state index is 0.152. The van der Waals surface area contributed by atoms with Crippen molar-refractivity contribution in [1.29, 1.82) is 0 Å². The van der Waals surface area contributed by atoms with E-state index in [0.717, 1.165) is 0 Å². The fourth-order valence-electron chi connectivity index (χ4n) is 0.887. The first kappa shape index (κ1) is 8.75. The Hall–Kier alpha value is -0.340. The van der Waals surface area contributed by atoms with Gasteiger partial charge in [0.25, 0.3) is 0 Å². The first-order valence-corrected chi connectivity index (χ1v) is 4.70. The highest BCUT2D eigenvalue weighted by Crippen LogP contribution is 2.27. The highest BCUT2D eigenvalue weighted by Gasteiger charge is 2.19. The largest absolute Gasteiger partial charge is 0.330 e. The Bertz CT molecular complexity index is 237. The number of hydrogen-bond donors (Lipinski definition) is 1. The second kappa shape index (κ2) is 2.95. The van der Waals surface area contributed by atoms with Crippen LogP contribution < -0.4 is 5.73 Å². The summed E-state index contributed by atoms with van der Waals surface area (Å²) in [7, 11) is 0. The third-order valence-corrected chi connectivity index (χ3v) is 3.32. The maximum Gasteiger partial charge on any atom is 0.0117 e. The lowest BCUT2D eigenvalue weighted by Gasteiger charge is -2.19. The molecule has 0 spiro atoms. The number of aryl methyl sites for hydroxylation is 1. The SMILES string of the molecule is Cc1csc(C(C)(C)CN)c1. The highest BCUT2D eigenvalue weighted by molar-refractivity contribution is 7.10. The summed E-state index contributed by atoms with van der Waals surface area (Å²) in [4.78, 5) is 1.39. The highest BCUT2D eigenvalue weighted by atomic mass is 32.1. The van der Waals surface area contributed by atoms with E-state index in [2.05, 4.69) is 32.2 Å². The molecule has 1 rings (SSSR count). The van der Waals surface area contributed by atoms with Crippen LogP contribution in [0.3, 0.4) is 0 Å². The van der Waals surface area contributed by atoms with Crippen LogP contribution in [-0.2, 0) is 5.41 Å². The van der Waals surface area contributed by atoms with Crippen molar-refractivity contribution in [2.24, 2.45) is 5.73 Å². The van der Waals surface area contributed by atoms with Gasteiger partial charge in [-0.05, 0) is 23.9 Å². The molecular formula is C9H15NS. The molecule has 1 heterocycles. The van der Waals surface area contributed by atoms with E-state index in [9.17, 15) is 0 Å². The first-order chi connectivity index (χ1) is 5.06. The van der Waals surface area contributed by atoms with Gasteiger partial charge in [-0.2, -0.15) is 0 Å². The smallest absolute Gasteiger partial charge is 0.0117 e. The lowest BCUT2D eigenvalue weighted by atomic mass is 9.91. The standard InChI is InChI=1S/C9H15NS/c1-7-4-8(11-5-7)9(2,3)6-10/h4-5H,6,10H2,1-3H3. The van der Waals surface area contributed by atoms with E-state index < -0.39 is 0 Å². The summed E-state index contributed by atoms with van der Waals surface area (Å²) in [6.45, 7) is 7.19. The van der Waals surface area contributed by atoms with Crippen LogP contribution in [-0.4, -0.2) is 6.54 Å². The van der Waals surface area contributed by atoms with E-state index in [1.807, 2.05) is 0 Å². The Labute approximate surface area is 72.2 Å². The topological polar surface area (TPSA) is 26.0 Å².